The molecule has 4 nitrogen and oxygen atoms in total. The zero-order chi connectivity index (χ0) is 9.84. The van der Waals surface area contributed by atoms with Gasteiger partial charge in [0.15, 0.2) is 0 Å². The molecule has 13 heavy (non-hydrogen) atoms. The van der Waals surface area contributed by atoms with Crippen LogP contribution in [-0.2, 0) is 17.9 Å². The molecule has 0 aliphatic rings. The second-order valence-electron chi connectivity index (χ2n) is 2.69. The van der Waals surface area contributed by atoms with Crippen molar-refractivity contribution in [3.63, 3.8) is 0 Å². The molecular weight excluding hydrogens is 234 g/mol. The summed E-state index contributed by atoms with van der Waals surface area (Å²) in [6, 6.07) is 0. The first-order chi connectivity index (χ1) is 6.20. The summed E-state index contributed by atoms with van der Waals surface area (Å²) >= 11 is 3.49. The number of nitrogens with one attached hydrogen (secondary N) is 1. The smallest absolute Gasteiger partial charge is 0.0739 e. The van der Waals surface area contributed by atoms with Crippen molar-refractivity contribution >= 4 is 15.9 Å². The van der Waals surface area contributed by atoms with Gasteiger partial charge in [0, 0.05) is 6.54 Å². The highest BCUT2D eigenvalue weighted by atomic mass is 79.9. The van der Waals surface area contributed by atoms with Crippen LogP contribution >= 0.6 is 15.9 Å². The van der Waals surface area contributed by atoms with Gasteiger partial charge < -0.3 is 4.84 Å². The molecule has 0 unspecified atom stereocenters. The first-order valence-electron chi connectivity index (χ1n) is 4.18. The minimum absolute atomic E-state index is 0.658. The largest absolute Gasteiger partial charge is 0.305 e. The lowest BCUT2D eigenvalue weighted by atomic mass is 10.4. The Morgan fingerprint density at radius 3 is 2.85 bits per heavy atom. The van der Waals surface area contributed by atoms with Crippen molar-refractivity contribution in [2.75, 3.05) is 7.11 Å². The molecule has 5 heteroatoms. The number of hydroxylamine groups is 1. The lowest BCUT2D eigenvalue weighted by Gasteiger charge is -2.05. The van der Waals surface area contributed by atoms with Crippen LogP contribution in [0.25, 0.3) is 0 Å². The zero-order valence-electron chi connectivity index (χ0n) is 8.09. The molecule has 0 radical (unpaired) electrons. The summed E-state index contributed by atoms with van der Waals surface area (Å²) in [7, 11) is 1.60. The molecule has 1 rings (SSSR count). The van der Waals surface area contributed by atoms with Gasteiger partial charge in [-0.05, 0) is 29.8 Å². The first kappa shape index (κ1) is 10.7. The fraction of sp³-hybridized carbons (Fsp3) is 0.625. The number of rotatable bonds is 4. The molecule has 0 fully saturated rings. The van der Waals surface area contributed by atoms with Crippen LogP contribution in [0.1, 0.15) is 18.3 Å². The third-order valence-corrected chi connectivity index (χ3v) is 2.87. The van der Waals surface area contributed by atoms with Crippen molar-refractivity contribution in [1.29, 1.82) is 0 Å². The molecule has 0 aromatic carbocycles. The molecule has 0 bridgehead atoms. The summed E-state index contributed by atoms with van der Waals surface area (Å²) in [4.78, 5) is 4.80. The van der Waals surface area contributed by atoms with Crippen LogP contribution in [0.3, 0.4) is 0 Å². The van der Waals surface area contributed by atoms with Gasteiger partial charge in [-0.1, -0.05) is 0 Å². The van der Waals surface area contributed by atoms with Crippen molar-refractivity contribution < 1.29 is 4.84 Å². The Kier molecular flexibility index (Phi) is 3.90. The zero-order valence-corrected chi connectivity index (χ0v) is 9.68. The topological polar surface area (TPSA) is 39.1 Å². The second kappa shape index (κ2) is 4.74. The van der Waals surface area contributed by atoms with Gasteiger partial charge in [-0.25, -0.2) is 0 Å². The summed E-state index contributed by atoms with van der Waals surface area (Å²) in [5, 5.41) is 4.36. The molecule has 1 aromatic heterocycles. The Morgan fingerprint density at radius 2 is 2.31 bits per heavy atom. The third kappa shape index (κ3) is 2.30. The summed E-state index contributed by atoms with van der Waals surface area (Å²) < 4.78 is 3.00. The fourth-order valence-electron chi connectivity index (χ4n) is 1.18. The average molecular weight is 248 g/mol. The van der Waals surface area contributed by atoms with Crippen molar-refractivity contribution in [2.24, 2.45) is 0 Å². The van der Waals surface area contributed by atoms with Crippen molar-refractivity contribution in [3.8, 4) is 0 Å². The number of hydrogen-bond acceptors (Lipinski definition) is 3. The van der Waals surface area contributed by atoms with Gasteiger partial charge in [0.2, 0.25) is 0 Å². The van der Waals surface area contributed by atoms with Crippen LogP contribution in [0.5, 0.6) is 0 Å². The number of nitrogens with zero attached hydrogens (tertiary/aromatic N) is 2. The lowest BCUT2D eigenvalue weighted by molar-refractivity contribution is 0.0846. The highest BCUT2D eigenvalue weighted by Crippen LogP contribution is 2.20. The Balaban J connectivity index is 2.88. The number of hydrogen-bond donors (Lipinski definition) is 1. The van der Waals surface area contributed by atoms with E-state index >= 15 is 0 Å². The van der Waals surface area contributed by atoms with E-state index in [2.05, 4.69) is 33.4 Å². The highest BCUT2D eigenvalue weighted by molar-refractivity contribution is 9.10. The summed E-state index contributed by atoms with van der Waals surface area (Å²) in [6.07, 6.45) is 0. The standard InChI is InChI=1S/C8H14BrN3O/c1-4-12-7(5-10-13-3)8(9)6(2)11-12/h10H,4-5H2,1-3H3. The minimum atomic E-state index is 0.658. The lowest BCUT2D eigenvalue weighted by Crippen LogP contribution is -2.15. The highest BCUT2D eigenvalue weighted by Gasteiger charge is 2.10. The third-order valence-electron chi connectivity index (χ3n) is 1.84. The molecular formula is C8H14BrN3O. The number of aryl methyl sites for hydroxylation is 2. The van der Waals surface area contributed by atoms with Crippen LogP contribution < -0.4 is 5.48 Å². The van der Waals surface area contributed by atoms with E-state index in [-0.39, 0.29) is 0 Å². The molecule has 0 aliphatic heterocycles. The monoisotopic (exact) mass is 247 g/mol. The van der Waals surface area contributed by atoms with Gasteiger partial charge in [0.05, 0.1) is 29.5 Å². The van der Waals surface area contributed by atoms with Crippen LogP contribution in [0.2, 0.25) is 0 Å². The van der Waals surface area contributed by atoms with E-state index < -0.39 is 0 Å². The molecule has 1 N–H and O–H groups in total. The quantitative estimate of drug-likeness (QED) is 0.823. The molecule has 0 amide bonds. The maximum absolute atomic E-state index is 4.80. The van der Waals surface area contributed by atoms with Gasteiger partial charge >= 0.3 is 0 Å². The van der Waals surface area contributed by atoms with Crippen LogP contribution in [0.4, 0.5) is 0 Å². The van der Waals surface area contributed by atoms with Gasteiger partial charge in [-0.15, -0.1) is 0 Å². The average Bonchev–Trinajstić information content (AvgIpc) is 2.40. The Morgan fingerprint density at radius 1 is 1.62 bits per heavy atom. The van der Waals surface area contributed by atoms with Gasteiger partial charge in [-0.3, -0.25) is 4.68 Å². The van der Waals surface area contributed by atoms with Crippen molar-refractivity contribution in [2.45, 2.75) is 26.9 Å². The maximum atomic E-state index is 4.80. The van der Waals surface area contributed by atoms with E-state index in [1.54, 1.807) is 7.11 Å². The van der Waals surface area contributed by atoms with Crippen molar-refractivity contribution in [1.82, 2.24) is 15.3 Å². The van der Waals surface area contributed by atoms with Crippen LogP contribution in [-0.4, -0.2) is 16.9 Å². The predicted molar refractivity (Wildman–Crippen MR) is 54.2 cm³/mol. The maximum Gasteiger partial charge on any atom is 0.0739 e. The summed E-state index contributed by atoms with van der Waals surface area (Å²) in [5.74, 6) is 0. The van der Waals surface area contributed by atoms with E-state index in [0.29, 0.717) is 6.54 Å². The fourth-order valence-corrected chi connectivity index (χ4v) is 1.60. The number of halogens is 1. The molecule has 1 aromatic rings. The van der Waals surface area contributed by atoms with Gasteiger partial charge in [-0.2, -0.15) is 10.6 Å². The molecule has 1 heterocycles. The van der Waals surface area contributed by atoms with E-state index in [9.17, 15) is 0 Å². The van der Waals surface area contributed by atoms with E-state index in [1.165, 1.54) is 0 Å². The molecule has 0 spiro atoms. The van der Waals surface area contributed by atoms with Crippen LogP contribution in [0, 0.1) is 6.92 Å². The van der Waals surface area contributed by atoms with E-state index in [1.807, 2.05) is 11.6 Å². The van der Waals surface area contributed by atoms with Crippen LogP contribution in [0.15, 0.2) is 4.47 Å². The Labute approximate surface area is 86.3 Å². The van der Waals surface area contributed by atoms with E-state index in [4.69, 9.17) is 4.84 Å². The predicted octanol–water partition coefficient (Wildman–Crippen LogP) is 1.62. The molecule has 0 aliphatic carbocycles. The normalized spacial score (nSPS) is 10.8. The molecule has 0 saturated heterocycles. The first-order valence-corrected chi connectivity index (χ1v) is 4.97. The molecule has 0 atom stereocenters. The van der Waals surface area contributed by atoms with Gasteiger partial charge in [0.25, 0.3) is 0 Å². The second-order valence-corrected chi connectivity index (χ2v) is 3.48. The summed E-state index contributed by atoms with van der Waals surface area (Å²) in [6.45, 7) is 5.57. The van der Waals surface area contributed by atoms with Gasteiger partial charge in [0.1, 0.15) is 0 Å². The summed E-state index contributed by atoms with van der Waals surface area (Å²) in [5.41, 5.74) is 4.92. The number of aromatic nitrogens is 2. The van der Waals surface area contributed by atoms with E-state index in [0.717, 1.165) is 22.4 Å². The van der Waals surface area contributed by atoms with Crippen molar-refractivity contribution in [3.05, 3.63) is 15.9 Å². The Bertz CT molecular complexity index is 285. The minimum Gasteiger partial charge on any atom is -0.305 e. The Hall–Kier alpha value is -0.390. The SMILES string of the molecule is CCn1nc(C)c(Br)c1CNOC. The molecule has 74 valence electrons. The molecule has 0 saturated carbocycles.